The van der Waals surface area contributed by atoms with Crippen LogP contribution in [0, 0.1) is 52.3 Å². The van der Waals surface area contributed by atoms with Gasteiger partial charge in [-0.15, -0.1) is 0 Å². The van der Waals surface area contributed by atoms with Crippen LogP contribution in [0.25, 0.3) is 0 Å². The quantitative estimate of drug-likeness (QED) is 0.149. The van der Waals surface area contributed by atoms with Crippen molar-refractivity contribution in [3.8, 4) is 0 Å². The van der Waals surface area contributed by atoms with Crippen LogP contribution >= 0.6 is 0 Å². The van der Waals surface area contributed by atoms with Gasteiger partial charge in [-0.05, 0) is 111 Å². The molecule has 62 heavy (non-hydrogen) atoms. The predicted molar refractivity (Wildman–Crippen MR) is 214 cm³/mol. The van der Waals surface area contributed by atoms with E-state index in [0.717, 1.165) is 51.6 Å². The zero-order chi connectivity index (χ0) is 44.2. The van der Waals surface area contributed by atoms with Gasteiger partial charge in [0.05, 0.1) is 38.1 Å². The fraction of sp³-hybridized carbons (Fsp3) is 1.00. The summed E-state index contributed by atoms with van der Waals surface area (Å²) in [6.07, 6.45) is -12.6. The van der Waals surface area contributed by atoms with E-state index in [0.29, 0.717) is 47.8 Å². The summed E-state index contributed by atoms with van der Waals surface area (Å²) >= 11 is 0. The van der Waals surface area contributed by atoms with Crippen LogP contribution in [0.4, 0.5) is 0 Å². The van der Waals surface area contributed by atoms with E-state index in [9.17, 15) is 46.0 Å². The van der Waals surface area contributed by atoms with Gasteiger partial charge < -0.3 is 83.9 Å². The second kappa shape index (κ2) is 17.4. The van der Waals surface area contributed by atoms with E-state index in [2.05, 4.69) is 27.7 Å². The van der Waals surface area contributed by atoms with Crippen molar-refractivity contribution in [2.75, 3.05) is 19.8 Å². The van der Waals surface area contributed by atoms with Gasteiger partial charge in [0.25, 0.3) is 0 Å². The second-order valence-corrected chi connectivity index (χ2v) is 21.5. The number of hydrogen-bond donors (Lipinski definition) is 9. The Balaban J connectivity index is 0.899. The summed E-state index contributed by atoms with van der Waals surface area (Å²) in [5, 5.41) is 95.8. The molecule has 5 aliphatic heterocycles. The van der Waals surface area contributed by atoms with Crippen molar-refractivity contribution in [3.05, 3.63) is 0 Å². The van der Waals surface area contributed by atoms with Crippen LogP contribution < -0.4 is 0 Å². The summed E-state index contributed by atoms with van der Waals surface area (Å²) in [6.45, 7) is 10.6. The fourth-order valence-corrected chi connectivity index (χ4v) is 14.6. The molecule has 356 valence electrons. The van der Waals surface area contributed by atoms with Crippen molar-refractivity contribution in [3.63, 3.8) is 0 Å². The highest BCUT2D eigenvalue weighted by atomic mass is 16.8. The number of aliphatic hydroxyl groups is 9. The van der Waals surface area contributed by atoms with E-state index in [4.69, 9.17) is 37.9 Å². The van der Waals surface area contributed by atoms with Gasteiger partial charge in [-0.1, -0.05) is 27.7 Å². The molecule has 9 aliphatic rings. The molecule has 17 nitrogen and oxygen atoms in total. The van der Waals surface area contributed by atoms with Crippen LogP contribution in [0.1, 0.15) is 98.8 Å². The number of ether oxygens (including phenoxy) is 8. The summed E-state index contributed by atoms with van der Waals surface area (Å²) in [4.78, 5) is 0. The lowest BCUT2D eigenvalue weighted by atomic mass is 9.44. The average molecular weight is 887 g/mol. The molecule has 0 aromatic carbocycles. The number of fused-ring (bicyclic) bond motifs is 7. The van der Waals surface area contributed by atoms with Gasteiger partial charge in [0.1, 0.15) is 67.1 Å². The summed E-state index contributed by atoms with van der Waals surface area (Å²) < 4.78 is 50.0. The topological polar surface area (TPSA) is 256 Å². The van der Waals surface area contributed by atoms with Gasteiger partial charge in [0.2, 0.25) is 0 Å². The lowest BCUT2D eigenvalue weighted by molar-refractivity contribution is -0.390. The molecule has 9 fully saturated rings. The number of rotatable bonds is 8. The van der Waals surface area contributed by atoms with Crippen LogP contribution in [-0.4, -0.2) is 176 Å². The molecule has 9 rings (SSSR count). The molecule has 1 spiro atoms. The molecule has 17 heteroatoms. The Morgan fingerprint density at radius 2 is 1.24 bits per heavy atom. The van der Waals surface area contributed by atoms with Crippen molar-refractivity contribution in [2.45, 2.75) is 209 Å². The highest BCUT2D eigenvalue weighted by molar-refractivity contribution is 5.15. The minimum atomic E-state index is -1.81. The first-order valence-corrected chi connectivity index (χ1v) is 23.7. The third-order valence-electron chi connectivity index (χ3n) is 18.2. The maximum Gasteiger partial charge on any atom is 0.187 e. The molecular formula is C45H74O17. The third-order valence-corrected chi connectivity index (χ3v) is 18.2. The lowest BCUT2D eigenvalue weighted by Gasteiger charge is -2.61. The Morgan fingerprint density at radius 1 is 0.581 bits per heavy atom. The normalized spacial score (nSPS) is 58.9. The molecule has 9 N–H and O–H groups in total. The van der Waals surface area contributed by atoms with Crippen molar-refractivity contribution >= 4 is 0 Å². The Labute approximate surface area is 364 Å². The molecule has 0 amide bonds. The van der Waals surface area contributed by atoms with E-state index >= 15 is 0 Å². The monoisotopic (exact) mass is 886 g/mol. The van der Waals surface area contributed by atoms with Crippen LogP contribution in [-0.2, 0) is 37.9 Å². The minimum absolute atomic E-state index is 0.103. The highest BCUT2D eigenvalue weighted by Gasteiger charge is 2.69. The molecule has 27 atom stereocenters. The molecule has 0 aromatic rings. The first-order valence-electron chi connectivity index (χ1n) is 23.7. The molecular weight excluding hydrogens is 812 g/mol. The Hall–Kier alpha value is -0.680. The van der Waals surface area contributed by atoms with E-state index in [1.807, 2.05) is 0 Å². The number of hydrogen-bond acceptors (Lipinski definition) is 17. The lowest BCUT2D eigenvalue weighted by Crippen LogP contribution is -2.67. The summed E-state index contributed by atoms with van der Waals surface area (Å²) in [5.41, 5.74) is 0.320. The van der Waals surface area contributed by atoms with Crippen LogP contribution in [0.15, 0.2) is 0 Å². The zero-order valence-electron chi connectivity index (χ0n) is 36.8. The largest absolute Gasteiger partial charge is 0.394 e. The van der Waals surface area contributed by atoms with Crippen molar-refractivity contribution in [1.29, 1.82) is 0 Å². The Kier molecular flexibility index (Phi) is 13.1. The Morgan fingerprint density at radius 3 is 1.94 bits per heavy atom. The molecule has 4 aliphatic carbocycles. The molecule has 5 saturated heterocycles. The van der Waals surface area contributed by atoms with Crippen molar-refractivity contribution in [1.82, 2.24) is 0 Å². The summed E-state index contributed by atoms with van der Waals surface area (Å²) in [7, 11) is 0. The van der Waals surface area contributed by atoms with Crippen LogP contribution in [0.3, 0.4) is 0 Å². The van der Waals surface area contributed by atoms with Gasteiger partial charge in [0, 0.05) is 12.3 Å². The molecule has 0 aromatic heterocycles. The van der Waals surface area contributed by atoms with Crippen molar-refractivity contribution in [2.24, 2.45) is 52.3 Å². The second-order valence-electron chi connectivity index (χ2n) is 21.5. The smallest absolute Gasteiger partial charge is 0.187 e. The molecule has 0 unspecified atom stereocenters. The SMILES string of the molecule is C[C@H]1CC[C@@]2(OC1)O[C@H]1C[C@H]3[C@@H]4CC[C@@H]5C[C@@H](O[C@@H]6O[C@H](CO)[C@@H](O[C@@H]7O[C@H](CO)[C@@H](O)[C@H](O)[C@H]7O)[C@H](O)[C@H]6O[C@@H]6O[C@@H](C)[C@H](O)[C@@H](O)[C@H]6O)CC[C@]5(C)[C@H]4CC[C@]3(C)[C@H]1[C@@H]2C. The summed E-state index contributed by atoms with van der Waals surface area (Å²) in [6, 6.07) is 0. The summed E-state index contributed by atoms with van der Waals surface area (Å²) in [5.74, 6) is 3.18. The van der Waals surface area contributed by atoms with Crippen LogP contribution in [0.2, 0.25) is 0 Å². The molecule has 0 radical (unpaired) electrons. The maximum absolute atomic E-state index is 12.0. The number of aliphatic hydroxyl groups excluding tert-OH is 9. The first kappa shape index (κ1) is 46.4. The first-order chi connectivity index (χ1) is 29.4. The standard InChI is InChI=1S/C45H74O17/c1-19-8-13-45(55-18-19)20(2)30-27(62-45)15-26-24-7-6-22-14-23(9-11-43(22,4)25(24)10-12-44(26,30)5)57-42-39(61-40-35(52)33(50)31(48)21(3)56-40)37(54)38(29(17-47)59-42)60-41-36(53)34(51)32(49)28(16-46)58-41/h19-42,46-54H,6-18H2,1-5H3/t19-,20-,21-,22+,23-,24+,25-,26-,27-,28+,29+,30-,31-,32+,33+,34-,35+,36+,37-,38+,39+,40-,41-,42+,43-,44-,45+/m0/s1. The predicted octanol–water partition coefficient (Wildman–Crippen LogP) is 0.294. The maximum atomic E-state index is 12.0. The third kappa shape index (κ3) is 7.56. The van der Waals surface area contributed by atoms with Gasteiger partial charge in [-0.2, -0.15) is 0 Å². The van der Waals surface area contributed by atoms with E-state index in [-0.39, 0.29) is 23.0 Å². The average Bonchev–Trinajstić information content (AvgIpc) is 3.70. The molecule has 0 bridgehead atoms. The van der Waals surface area contributed by atoms with E-state index in [1.54, 1.807) is 0 Å². The minimum Gasteiger partial charge on any atom is -0.394 e. The van der Waals surface area contributed by atoms with E-state index in [1.165, 1.54) is 19.8 Å². The van der Waals surface area contributed by atoms with Gasteiger partial charge >= 0.3 is 0 Å². The van der Waals surface area contributed by atoms with E-state index < -0.39 is 111 Å². The van der Waals surface area contributed by atoms with Gasteiger partial charge in [0.15, 0.2) is 24.7 Å². The molecule has 4 saturated carbocycles. The molecule has 5 heterocycles. The van der Waals surface area contributed by atoms with Gasteiger partial charge in [-0.25, -0.2) is 0 Å². The van der Waals surface area contributed by atoms with Crippen molar-refractivity contribution < 1.29 is 83.9 Å². The van der Waals surface area contributed by atoms with Gasteiger partial charge in [-0.3, -0.25) is 0 Å². The Bertz CT molecular complexity index is 1550. The fourth-order valence-electron chi connectivity index (χ4n) is 14.6. The zero-order valence-corrected chi connectivity index (χ0v) is 36.8. The highest BCUT2D eigenvalue weighted by Crippen LogP contribution is 2.71. The van der Waals surface area contributed by atoms with Crippen LogP contribution in [0.5, 0.6) is 0 Å².